The second kappa shape index (κ2) is 7.31. The lowest BCUT2D eigenvalue weighted by atomic mass is 10.1. The average Bonchev–Trinajstić information content (AvgIpc) is 2.38. The maximum Gasteiger partial charge on any atom is 0.225 e. The molecule has 102 valence electrons. The van der Waals surface area contributed by atoms with E-state index >= 15 is 0 Å². The van der Waals surface area contributed by atoms with E-state index in [1.54, 1.807) is 6.20 Å². The summed E-state index contributed by atoms with van der Waals surface area (Å²) in [5.41, 5.74) is 6.55. The highest BCUT2D eigenvalue weighted by molar-refractivity contribution is 5.32. The van der Waals surface area contributed by atoms with Crippen LogP contribution in [-0.2, 0) is 6.54 Å². The number of aromatic nitrogens is 2. The summed E-state index contributed by atoms with van der Waals surface area (Å²) in [7, 11) is 0. The topological polar surface area (TPSA) is 55.0 Å². The van der Waals surface area contributed by atoms with E-state index in [0.717, 1.165) is 31.0 Å². The molecule has 0 aliphatic carbocycles. The molecule has 1 rings (SSSR count). The normalized spacial score (nSPS) is 11.3. The Morgan fingerprint density at radius 2 is 1.94 bits per heavy atom. The van der Waals surface area contributed by atoms with Gasteiger partial charge in [-0.2, -0.15) is 0 Å². The summed E-state index contributed by atoms with van der Waals surface area (Å²) >= 11 is 0. The van der Waals surface area contributed by atoms with Gasteiger partial charge in [0.1, 0.15) is 0 Å². The van der Waals surface area contributed by atoms with E-state index in [-0.39, 0.29) is 0 Å². The zero-order chi connectivity index (χ0) is 13.5. The van der Waals surface area contributed by atoms with Crippen LogP contribution in [0.3, 0.4) is 0 Å². The highest BCUT2D eigenvalue weighted by Crippen LogP contribution is 2.18. The molecule has 0 saturated carbocycles. The van der Waals surface area contributed by atoms with Crippen molar-refractivity contribution in [3.8, 4) is 0 Å². The summed E-state index contributed by atoms with van der Waals surface area (Å²) in [4.78, 5) is 11.3. The second-order valence-corrected chi connectivity index (χ2v) is 5.07. The summed E-state index contributed by atoms with van der Waals surface area (Å²) < 4.78 is 0. The lowest BCUT2D eigenvalue weighted by molar-refractivity contribution is 0.498. The molecule has 4 heteroatoms. The van der Waals surface area contributed by atoms with Crippen LogP contribution in [0.4, 0.5) is 5.95 Å². The van der Waals surface area contributed by atoms with Gasteiger partial charge in [-0.05, 0) is 24.8 Å². The van der Waals surface area contributed by atoms with Gasteiger partial charge in [0.15, 0.2) is 0 Å². The Bertz CT molecular complexity index is 347. The molecule has 0 unspecified atom stereocenters. The molecule has 0 amide bonds. The van der Waals surface area contributed by atoms with Crippen LogP contribution in [0, 0.1) is 5.92 Å². The first-order valence-corrected chi connectivity index (χ1v) is 6.90. The third kappa shape index (κ3) is 3.95. The van der Waals surface area contributed by atoms with Crippen molar-refractivity contribution in [3.05, 3.63) is 18.0 Å². The van der Waals surface area contributed by atoms with Crippen molar-refractivity contribution in [1.82, 2.24) is 9.97 Å². The number of nitrogens with two attached hydrogens (primary N) is 1. The quantitative estimate of drug-likeness (QED) is 0.808. The SMILES string of the molecule is CCC(CC)N(CC(C)C)c1nccc(CN)n1. The molecule has 0 atom stereocenters. The van der Waals surface area contributed by atoms with Crippen molar-refractivity contribution in [2.45, 2.75) is 53.1 Å². The average molecular weight is 250 g/mol. The first-order chi connectivity index (χ1) is 8.62. The number of rotatable bonds is 7. The first-order valence-electron chi connectivity index (χ1n) is 6.90. The van der Waals surface area contributed by atoms with Crippen LogP contribution in [0.25, 0.3) is 0 Å². The number of nitrogens with zero attached hydrogens (tertiary/aromatic N) is 3. The van der Waals surface area contributed by atoms with E-state index < -0.39 is 0 Å². The second-order valence-electron chi connectivity index (χ2n) is 5.07. The molecule has 0 saturated heterocycles. The van der Waals surface area contributed by atoms with Gasteiger partial charge in [-0.15, -0.1) is 0 Å². The fraction of sp³-hybridized carbons (Fsp3) is 0.714. The van der Waals surface area contributed by atoms with Gasteiger partial charge >= 0.3 is 0 Å². The molecule has 1 aromatic rings. The van der Waals surface area contributed by atoms with Gasteiger partial charge in [0.05, 0.1) is 5.69 Å². The summed E-state index contributed by atoms with van der Waals surface area (Å²) in [6.45, 7) is 10.3. The summed E-state index contributed by atoms with van der Waals surface area (Å²) in [6, 6.07) is 2.38. The Kier molecular flexibility index (Phi) is 6.05. The van der Waals surface area contributed by atoms with Gasteiger partial charge < -0.3 is 10.6 Å². The van der Waals surface area contributed by atoms with E-state index in [1.165, 1.54) is 0 Å². The van der Waals surface area contributed by atoms with E-state index in [9.17, 15) is 0 Å². The predicted molar refractivity (Wildman–Crippen MR) is 76.5 cm³/mol. The van der Waals surface area contributed by atoms with Gasteiger partial charge in [0, 0.05) is 25.3 Å². The Balaban J connectivity index is 2.99. The summed E-state index contributed by atoms with van der Waals surface area (Å²) in [5.74, 6) is 1.41. The molecular weight excluding hydrogens is 224 g/mol. The van der Waals surface area contributed by atoms with E-state index in [0.29, 0.717) is 18.5 Å². The van der Waals surface area contributed by atoms with Crippen LogP contribution in [0.1, 0.15) is 46.2 Å². The third-order valence-electron chi connectivity index (χ3n) is 3.11. The third-order valence-corrected chi connectivity index (χ3v) is 3.11. The van der Waals surface area contributed by atoms with Crippen molar-refractivity contribution in [1.29, 1.82) is 0 Å². The van der Waals surface area contributed by atoms with Crippen LogP contribution in [-0.4, -0.2) is 22.6 Å². The predicted octanol–water partition coefficient (Wildman–Crippen LogP) is 2.59. The van der Waals surface area contributed by atoms with Crippen molar-refractivity contribution in [2.24, 2.45) is 11.7 Å². The first kappa shape index (κ1) is 14.9. The Morgan fingerprint density at radius 1 is 1.28 bits per heavy atom. The number of anilines is 1. The van der Waals surface area contributed by atoms with Crippen LogP contribution in [0.5, 0.6) is 0 Å². The van der Waals surface area contributed by atoms with Gasteiger partial charge in [0.25, 0.3) is 0 Å². The minimum Gasteiger partial charge on any atom is -0.338 e. The van der Waals surface area contributed by atoms with Gasteiger partial charge in [-0.25, -0.2) is 9.97 Å². The van der Waals surface area contributed by atoms with Crippen molar-refractivity contribution in [3.63, 3.8) is 0 Å². The van der Waals surface area contributed by atoms with E-state index in [4.69, 9.17) is 5.73 Å². The Labute approximate surface area is 111 Å². The molecule has 0 radical (unpaired) electrons. The molecular formula is C14H26N4. The lowest BCUT2D eigenvalue weighted by Gasteiger charge is -2.32. The standard InChI is InChI=1S/C14H26N4/c1-5-13(6-2)18(10-11(3)4)14-16-8-7-12(9-15)17-14/h7-8,11,13H,5-6,9-10,15H2,1-4H3. The fourth-order valence-electron chi connectivity index (χ4n) is 2.15. The number of hydrogen-bond acceptors (Lipinski definition) is 4. The highest BCUT2D eigenvalue weighted by atomic mass is 15.3. The minimum absolute atomic E-state index is 0.466. The van der Waals surface area contributed by atoms with Crippen LogP contribution >= 0.6 is 0 Å². The zero-order valence-corrected chi connectivity index (χ0v) is 12.1. The molecule has 4 nitrogen and oxygen atoms in total. The molecule has 2 N–H and O–H groups in total. The minimum atomic E-state index is 0.466. The smallest absolute Gasteiger partial charge is 0.225 e. The number of hydrogen-bond donors (Lipinski definition) is 1. The van der Waals surface area contributed by atoms with Crippen LogP contribution in [0.15, 0.2) is 12.3 Å². The van der Waals surface area contributed by atoms with E-state index in [2.05, 4.69) is 42.6 Å². The maximum absolute atomic E-state index is 5.65. The monoisotopic (exact) mass is 250 g/mol. The van der Waals surface area contributed by atoms with Gasteiger partial charge in [-0.3, -0.25) is 0 Å². The lowest BCUT2D eigenvalue weighted by Crippen LogP contribution is -2.38. The van der Waals surface area contributed by atoms with Gasteiger partial charge in [-0.1, -0.05) is 27.7 Å². The van der Waals surface area contributed by atoms with Crippen LogP contribution < -0.4 is 10.6 Å². The molecule has 0 bridgehead atoms. The highest BCUT2D eigenvalue weighted by Gasteiger charge is 2.19. The van der Waals surface area contributed by atoms with Crippen molar-refractivity contribution < 1.29 is 0 Å². The molecule has 0 aromatic carbocycles. The summed E-state index contributed by atoms with van der Waals surface area (Å²) in [6.07, 6.45) is 4.03. The van der Waals surface area contributed by atoms with Gasteiger partial charge in [0.2, 0.25) is 5.95 Å². The molecule has 0 aliphatic rings. The molecule has 0 spiro atoms. The Hall–Kier alpha value is -1.16. The zero-order valence-electron chi connectivity index (χ0n) is 12.1. The van der Waals surface area contributed by atoms with Crippen LogP contribution in [0.2, 0.25) is 0 Å². The maximum atomic E-state index is 5.65. The molecule has 18 heavy (non-hydrogen) atoms. The molecule has 0 aliphatic heterocycles. The molecule has 0 fully saturated rings. The fourth-order valence-corrected chi connectivity index (χ4v) is 2.15. The largest absolute Gasteiger partial charge is 0.338 e. The van der Waals surface area contributed by atoms with Crippen molar-refractivity contribution >= 4 is 5.95 Å². The molecule has 1 aromatic heterocycles. The van der Waals surface area contributed by atoms with E-state index in [1.807, 2.05) is 6.07 Å². The summed E-state index contributed by atoms with van der Waals surface area (Å²) in [5, 5.41) is 0. The molecule has 1 heterocycles. The van der Waals surface area contributed by atoms with Crippen molar-refractivity contribution in [2.75, 3.05) is 11.4 Å². The Morgan fingerprint density at radius 3 is 2.44 bits per heavy atom.